The highest BCUT2D eigenvalue weighted by atomic mass is 16.5. The molecule has 0 saturated carbocycles. The molecule has 0 saturated heterocycles. The maximum atomic E-state index is 12.4. The molecule has 7 nitrogen and oxygen atoms in total. The second-order valence-corrected chi connectivity index (χ2v) is 6.75. The Bertz CT molecular complexity index is 1080. The fraction of sp³-hybridized carbons (Fsp3) is 0.125. The van der Waals surface area contributed by atoms with Gasteiger partial charge in [-0.05, 0) is 67.6 Å². The Balaban J connectivity index is 1.50. The number of ether oxygens (including phenoxy) is 2. The number of carbonyl (C=O) groups is 3. The first-order valence-corrected chi connectivity index (χ1v) is 9.54. The number of methoxy groups -OCH3 is 1. The molecular weight excluding hydrogens is 396 g/mol. The van der Waals surface area contributed by atoms with E-state index in [9.17, 15) is 14.4 Å². The molecule has 2 N–H and O–H groups in total. The molecule has 0 aromatic heterocycles. The van der Waals surface area contributed by atoms with Gasteiger partial charge in [0.05, 0.1) is 12.7 Å². The van der Waals surface area contributed by atoms with E-state index in [1.807, 2.05) is 13.0 Å². The lowest BCUT2D eigenvalue weighted by Crippen LogP contribution is -2.21. The van der Waals surface area contributed by atoms with E-state index in [0.717, 1.165) is 5.56 Å². The third-order valence-corrected chi connectivity index (χ3v) is 4.37. The quantitative estimate of drug-likeness (QED) is 0.565. The van der Waals surface area contributed by atoms with Crippen molar-refractivity contribution in [1.29, 1.82) is 0 Å². The molecule has 31 heavy (non-hydrogen) atoms. The molecule has 2 amide bonds. The minimum Gasteiger partial charge on any atom is -0.497 e. The van der Waals surface area contributed by atoms with Crippen LogP contribution in [0.2, 0.25) is 0 Å². The molecule has 0 aliphatic heterocycles. The Morgan fingerprint density at radius 2 is 1.45 bits per heavy atom. The number of carbonyl (C=O) groups excluding carboxylic acids is 3. The van der Waals surface area contributed by atoms with Gasteiger partial charge in [-0.25, -0.2) is 4.79 Å². The number of rotatable bonds is 7. The van der Waals surface area contributed by atoms with E-state index in [-0.39, 0.29) is 5.91 Å². The second kappa shape index (κ2) is 10.1. The Hall–Kier alpha value is -4.13. The fourth-order valence-electron chi connectivity index (χ4n) is 2.77. The van der Waals surface area contributed by atoms with Crippen molar-refractivity contribution in [1.82, 2.24) is 0 Å². The predicted octanol–water partition coefficient (Wildman–Crippen LogP) is 4.05. The van der Waals surface area contributed by atoms with Crippen LogP contribution in [0.15, 0.2) is 72.8 Å². The molecule has 3 rings (SSSR count). The van der Waals surface area contributed by atoms with Crippen molar-refractivity contribution >= 4 is 29.2 Å². The van der Waals surface area contributed by atoms with Crippen molar-refractivity contribution < 1.29 is 23.9 Å². The smallest absolute Gasteiger partial charge is 0.338 e. The summed E-state index contributed by atoms with van der Waals surface area (Å²) in [6.07, 6.45) is 0. The first kappa shape index (κ1) is 21.6. The van der Waals surface area contributed by atoms with Gasteiger partial charge in [-0.15, -0.1) is 0 Å². The number of aryl methyl sites for hydroxylation is 1. The van der Waals surface area contributed by atoms with E-state index >= 15 is 0 Å². The van der Waals surface area contributed by atoms with Crippen molar-refractivity contribution in [3.05, 3.63) is 89.5 Å². The summed E-state index contributed by atoms with van der Waals surface area (Å²) in [4.78, 5) is 36.4. The van der Waals surface area contributed by atoms with Crippen LogP contribution in [0.5, 0.6) is 5.75 Å². The first-order chi connectivity index (χ1) is 14.9. The van der Waals surface area contributed by atoms with Crippen molar-refractivity contribution in [2.24, 2.45) is 0 Å². The summed E-state index contributed by atoms with van der Waals surface area (Å²) in [5, 5.41) is 5.41. The highest BCUT2D eigenvalue weighted by molar-refractivity contribution is 6.04. The minimum atomic E-state index is -0.565. The lowest BCUT2D eigenvalue weighted by atomic mass is 10.1. The third kappa shape index (κ3) is 6.17. The van der Waals surface area contributed by atoms with Gasteiger partial charge in [0.2, 0.25) is 0 Å². The molecule has 7 heteroatoms. The van der Waals surface area contributed by atoms with E-state index in [4.69, 9.17) is 9.47 Å². The van der Waals surface area contributed by atoms with Crippen molar-refractivity contribution in [2.45, 2.75) is 6.92 Å². The molecule has 3 aromatic carbocycles. The number of anilines is 2. The molecule has 0 heterocycles. The van der Waals surface area contributed by atoms with Gasteiger partial charge in [0.25, 0.3) is 11.8 Å². The molecule has 3 aromatic rings. The highest BCUT2D eigenvalue weighted by Gasteiger charge is 2.11. The maximum absolute atomic E-state index is 12.4. The molecule has 0 spiro atoms. The Kier molecular flexibility index (Phi) is 7.01. The van der Waals surface area contributed by atoms with Gasteiger partial charge in [0, 0.05) is 16.9 Å². The van der Waals surface area contributed by atoms with E-state index in [1.165, 1.54) is 0 Å². The second-order valence-electron chi connectivity index (χ2n) is 6.75. The zero-order chi connectivity index (χ0) is 22.2. The summed E-state index contributed by atoms with van der Waals surface area (Å²) in [5.74, 6) is -0.626. The third-order valence-electron chi connectivity index (χ3n) is 4.37. The SMILES string of the molecule is COc1ccc(NC(=O)c2ccc(NC(=O)COC(=O)c3cccc(C)c3)cc2)cc1. The van der Waals surface area contributed by atoms with Gasteiger partial charge >= 0.3 is 5.97 Å². The standard InChI is InChI=1S/C24H22N2O5/c1-16-4-3-5-18(14-16)24(29)31-15-22(27)25-19-8-6-17(7-9-19)23(28)26-20-10-12-21(30-2)13-11-20/h3-14H,15H2,1-2H3,(H,25,27)(H,26,28). The fourth-order valence-corrected chi connectivity index (χ4v) is 2.77. The van der Waals surface area contributed by atoms with Crippen LogP contribution >= 0.6 is 0 Å². The zero-order valence-corrected chi connectivity index (χ0v) is 17.2. The topological polar surface area (TPSA) is 93.7 Å². The molecule has 0 atom stereocenters. The highest BCUT2D eigenvalue weighted by Crippen LogP contribution is 2.17. The van der Waals surface area contributed by atoms with Crippen LogP contribution in [0.3, 0.4) is 0 Å². The number of benzene rings is 3. The van der Waals surface area contributed by atoms with Crippen LogP contribution in [0, 0.1) is 6.92 Å². The van der Waals surface area contributed by atoms with Gasteiger partial charge < -0.3 is 20.1 Å². The van der Waals surface area contributed by atoms with Crippen LogP contribution in [-0.2, 0) is 9.53 Å². The largest absolute Gasteiger partial charge is 0.497 e. The number of esters is 1. The average molecular weight is 418 g/mol. The summed E-state index contributed by atoms with van der Waals surface area (Å²) in [5.41, 5.74) is 2.87. The summed E-state index contributed by atoms with van der Waals surface area (Å²) in [6.45, 7) is 1.46. The molecule has 0 aliphatic carbocycles. The van der Waals surface area contributed by atoms with Crippen LogP contribution in [0.25, 0.3) is 0 Å². The summed E-state index contributed by atoms with van der Waals surface area (Å²) in [6, 6.07) is 20.3. The van der Waals surface area contributed by atoms with Gasteiger partial charge in [-0.2, -0.15) is 0 Å². The normalized spacial score (nSPS) is 10.1. The van der Waals surface area contributed by atoms with E-state index < -0.39 is 18.5 Å². The average Bonchev–Trinajstić information content (AvgIpc) is 2.78. The lowest BCUT2D eigenvalue weighted by molar-refractivity contribution is -0.119. The summed E-state index contributed by atoms with van der Waals surface area (Å²) in [7, 11) is 1.57. The molecule has 158 valence electrons. The van der Waals surface area contributed by atoms with Crippen LogP contribution in [-0.4, -0.2) is 31.5 Å². The zero-order valence-electron chi connectivity index (χ0n) is 17.2. The van der Waals surface area contributed by atoms with Crippen LogP contribution in [0.1, 0.15) is 26.3 Å². The van der Waals surface area contributed by atoms with Crippen LogP contribution in [0.4, 0.5) is 11.4 Å². The lowest BCUT2D eigenvalue weighted by Gasteiger charge is -2.09. The number of nitrogens with one attached hydrogen (secondary N) is 2. The van der Waals surface area contributed by atoms with E-state index in [0.29, 0.717) is 28.3 Å². The van der Waals surface area contributed by atoms with Gasteiger partial charge in [-0.3, -0.25) is 9.59 Å². The van der Waals surface area contributed by atoms with Crippen molar-refractivity contribution in [2.75, 3.05) is 24.4 Å². The predicted molar refractivity (Wildman–Crippen MR) is 117 cm³/mol. The molecule has 0 unspecified atom stereocenters. The van der Waals surface area contributed by atoms with Gasteiger partial charge in [-0.1, -0.05) is 17.7 Å². The molecule has 0 radical (unpaired) electrons. The molecule has 0 fully saturated rings. The number of hydrogen-bond acceptors (Lipinski definition) is 5. The van der Waals surface area contributed by atoms with E-state index in [2.05, 4.69) is 10.6 Å². The van der Waals surface area contributed by atoms with Crippen molar-refractivity contribution in [3.8, 4) is 5.75 Å². The summed E-state index contributed by atoms with van der Waals surface area (Å²) < 4.78 is 10.1. The molecule has 0 bridgehead atoms. The van der Waals surface area contributed by atoms with E-state index in [1.54, 1.807) is 73.8 Å². The number of hydrogen-bond donors (Lipinski definition) is 2. The minimum absolute atomic E-state index is 0.282. The molecule has 0 aliphatic rings. The monoisotopic (exact) mass is 418 g/mol. The maximum Gasteiger partial charge on any atom is 0.338 e. The first-order valence-electron chi connectivity index (χ1n) is 9.54. The molecular formula is C24H22N2O5. The Morgan fingerprint density at radius 3 is 2.10 bits per heavy atom. The Labute approximate surface area is 180 Å². The Morgan fingerprint density at radius 1 is 0.806 bits per heavy atom. The van der Waals surface area contributed by atoms with Crippen molar-refractivity contribution in [3.63, 3.8) is 0 Å². The van der Waals surface area contributed by atoms with Crippen LogP contribution < -0.4 is 15.4 Å². The van der Waals surface area contributed by atoms with Gasteiger partial charge in [0.15, 0.2) is 6.61 Å². The number of amides is 2. The van der Waals surface area contributed by atoms with Gasteiger partial charge in [0.1, 0.15) is 5.75 Å². The summed E-state index contributed by atoms with van der Waals surface area (Å²) >= 11 is 0.